The Morgan fingerprint density at radius 2 is 2.12 bits per heavy atom. The molecule has 2 rings (SSSR count). The molecule has 1 aromatic carbocycles. The zero-order valence-corrected chi connectivity index (χ0v) is 11.2. The molecular weight excluding hydrogens is 208 g/mol. The van der Waals surface area contributed by atoms with Crippen LogP contribution in [0.5, 0.6) is 0 Å². The Kier molecular flexibility index (Phi) is 3.85. The second-order valence-corrected chi connectivity index (χ2v) is 5.59. The molecule has 1 heterocycles. The van der Waals surface area contributed by atoms with E-state index in [0.29, 0.717) is 12.0 Å². The number of nitrogens with zero attached hydrogens (tertiary/aromatic N) is 1. The fourth-order valence-electron chi connectivity index (χ4n) is 2.66. The Hall–Kier alpha value is -0.860. The molecule has 1 saturated heterocycles. The first-order valence-electron chi connectivity index (χ1n) is 6.60. The highest BCUT2D eigenvalue weighted by Gasteiger charge is 2.23. The molecule has 0 saturated carbocycles. The molecule has 2 atom stereocenters. The van der Waals surface area contributed by atoms with Crippen LogP contribution in [0.15, 0.2) is 18.2 Å². The first-order valence-corrected chi connectivity index (χ1v) is 6.60. The average molecular weight is 232 g/mol. The molecule has 0 radical (unpaired) electrons. The Morgan fingerprint density at radius 3 is 2.76 bits per heavy atom. The van der Waals surface area contributed by atoms with Gasteiger partial charge in [-0.1, -0.05) is 30.7 Å². The van der Waals surface area contributed by atoms with E-state index in [1.807, 2.05) is 0 Å². The number of hydrogen-bond donors (Lipinski definition) is 1. The number of aryl methyl sites for hydroxylation is 2. The molecule has 0 spiro atoms. The van der Waals surface area contributed by atoms with Gasteiger partial charge in [0.15, 0.2) is 0 Å². The Bertz CT molecular complexity index is 387. The Morgan fingerprint density at radius 1 is 1.35 bits per heavy atom. The molecule has 1 aliphatic heterocycles. The highest BCUT2D eigenvalue weighted by atomic mass is 15.1. The Balaban J connectivity index is 2.01. The van der Waals surface area contributed by atoms with Crippen LogP contribution in [-0.4, -0.2) is 24.0 Å². The molecule has 17 heavy (non-hydrogen) atoms. The maximum Gasteiger partial charge on any atom is 0.0236 e. The lowest BCUT2D eigenvalue weighted by Crippen LogP contribution is -2.45. The van der Waals surface area contributed by atoms with Crippen molar-refractivity contribution in [1.82, 2.24) is 4.90 Å². The van der Waals surface area contributed by atoms with Crippen LogP contribution >= 0.6 is 0 Å². The summed E-state index contributed by atoms with van der Waals surface area (Å²) in [5.41, 5.74) is 10.3. The van der Waals surface area contributed by atoms with Gasteiger partial charge < -0.3 is 5.73 Å². The normalized spacial score (nSPS) is 26.1. The lowest BCUT2D eigenvalue weighted by molar-refractivity contribution is 0.157. The third-order valence-corrected chi connectivity index (χ3v) is 3.95. The van der Waals surface area contributed by atoms with Crippen LogP contribution < -0.4 is 5.73 Å². The summed E-state index contributed by atoms with van der Waals surface area (Å²) in [6.07, 6.45) is 1.13. The van der Waals surface area contributed by atoms with Crippen LogP contribution in [0.2, 0.25) is 0 Å². The van der Waals surface area contributed by atoms with Crippen LogP contribution in [0, 0.1) is 19.8 Å². The molecule has 2 unspecified atom stereocenters. The number of likely N-dealkylation sites (tertiary alicyclic amines) is 1. The van der Waals surface area contributed by atoms with Crippen molar-refractivity contribution in [1.29, 1.82) is 0 Å². The molecule has 1 fully saturated rings. The predicted octanol–water partition coefficient (Wildman–Crippen LogP) is 2.47. The zero-order chi connectivity index (χ0) is 12.4. The molecule has 1 aliphatic rings. The van der Waals surface area contributed by atoms with Crippen LogP contribution in [0.1, 0.15) is 30.0 Å². The molecule has 94 valence electrons. The highest BCUT2D eigenvalue weighted by molar-refractivity contribution is 5.30. The first-order chi connectivity index (χ1) is 8.06. The van der Waals surface area contributed by atoms with Gasteiger partial charge in [-0.15, -0.1) is 0 Å². The van der Waals surface area contributed by atoms with E-state index in [2.05, 4.69) is 43.9 Å². The Labute approximate surface area is 105 Å². The van der Waals surface area contributed by atoms with Gasteiger partial charge in [0.1, 0.15) is 0 Å². The zero-order valence-electron chi connectivity index (χ0n) is 11.2. The summed E-state index contributed by atoms with van der Waals surface area (Å²) in [5.74, 6) is 0.620. The number of benzene rings is 1. The third-order valence-electron chi connectivity index (χ3n) is 3.95. The largest absolute Gasteiger partial charge is 0.327 e. The van der Waals surface area contributed by atoms with Gasteiger partial charge in [-0.3, -0.25) is 4.90 Å². The predicted molar refractivity (Wildman–Crippen MR) is 72.9 cm³/mol. The van der Waals surface area contributed by atoms with Crippen LogP contribution in [0.25, 0.3) is 0 Å². The van der Waals surface area contributed by atoms with E-state index in [9.17, 15) is 0 Å². The minimum atomic E-state index is 0.394. The summed E-state index contributed by atoms with van der Waals surface area (Å²) in [6, 6.07) is 7.14. The van der Waals surface area contributed by atoms with Crippen molar-refractivity contribution in [2.75, 3.05) is 13.1 Å². The smallest absolute Gasteiger partial charge is 0.0236 e. The fourth-order valence-corrected chi connectivity index (χ4v) is 2.66. The number of hydrogen-bond acceptors (Lipinski definition) is 2. The standard InChI is InChI=1S/C15H24N2/c1-11-4-5-14(12(2)8-11)10-17-7-6-15(16)13(3)9-17/h4-5,8,13,15H,6-7,9-10,16H2,1-3H3. The molecule has 0 bridgehead atoms. The summed E-state index contributed by atoms with van der Waals surface area (Å²) in [5, 5.41) is 0. The van der Waals surface area contributed by atoms with Crippen molar-refractivity contribution in [2.45, 2.75) is 39.8 Å². The van der Waals surface area contributed by atoms with Gasteiger partial charge in [-0.25, -0.2) is 0 Å². The monoisotopic (exact) mass is 232 g/mol. The maximum absolute atomic E-state index is 6.06. The molecule has 2 N–H and O–H groups in total. The summed E-state index contributed by atoms with van der Waals surface area (Å²) < 4.78 is 0. The molecule has 2 nitrogen and oxygen atoms in total. The quantitative estimate of drug-likeness (QED) is 0.849. The third kappa shape index (κ3) is 3.08. The van der Waals surface area contributed by atoms with E-state index in [1.165, 1.54) is 16.7 Å². The van der Waals surface area contributed by atoms with Gasteiger partial charge in [0, 0.05) is 19.1 Å². The molecule has 0 aliphatic carbocycles. The highest BCUT2D eigenvalue weighted by Crippen LogP contribution is 2.19. The second-order valence-electron chi connectivity index (χ2n) is 5.59. The summed E-state index contributed by atoms with van der Waals surface area (Å²) >= 11 is 0. The van der Waals surface area contributed by atoms with Gasteiger partial charge in [-0.2, -0.15) is 0 Å². The van der Waals surface area contributed by atoms with E-state index >= 15 is 0 Å². The SMILES string of the molecule is Cc1ccc(CN2CCC(N)C(C)C2)c(C)c1. The van der Waals surface area contributed by atoms with Gasteiger partial charge in [0.05, 0.1) is 0 Å². The van der Waals surface area contributed by atoms with Gasteiger partial charge >= 0.3 is 0 Å². The fraction of sp³-hybridized carbons (Fsp3) is 0.600. The lowest BCUT2D eigenvalue weighted by atomic mass is 9.94. The molecule has 0 aromatic heterocycles. The van der Waals surface area contributed by atoms with Crippen molar-refractivity contribution < 1.29 is 0 Å². The van der Waals surface area contributed by atoms with Gasteiger partial charge in [0.2, 0.25) is 0 Å². The summed E-state index contributed by atoms with van der Waals surface area (Å²) in [6.45, 7) is 9.97. The second kappa shape index (κ2) is 5.19. The topological polar surface area (TPSA) is 29.3 Å². The van der Waals surface area contributed by atoms with E-state index in [4.69, 9.17) is 5.73 Å². The number of nitrogens with two attached hydrogens (primary N) is 1. The molecule has 2 heteroatoms. The van der Waals surface area contributed by atoms with Crippen molar-refractivity contribution in [2.24, 2.45) is 11.7 Å². The lowest BCUT2D eigenvalue weighted by Gasteiger charge is -2.35. The van der Waals surface area contributed by atoms with Gasteiger partial charge in [-0.05, 0) is 43.9 Å². The van der Waals surface area contributed by atoms with Gasteiger partial charge in [0.25, 0.3) is 0 Å². The number of piperidine rings is 1. The maximum atomic E-state index is 6.06. The van der Waals surface area contributed by atoms with Crippen LogP contribution in [0.3, 0.4) is 0 Å². The van der Waals surface area contributed by atoms with Crippen molar-refractivity contribution in [3.05, 3.63) is 34.9 Å². The van der Waals surface area contributed by atoms with E-state index in [0.717, 1.165) is 26.1 Å². The average Bonchev–Trinajstić information content (AvgIpc) is 2.27. The molecule has 0 amide bonds. The van der Waals surface area contributed by atoms with Crippen molar-refractivity contribution in [3.8, 4) is 0 Å². The minimum absolute atomic E-state index is 0.394. The number of rotatable bonds is 2. The van der Waals surface area contributed by atoms with E-state index < -0.39 is 0 Å². The summed E-state index contributed by atoms with van der Waals surface area (Å²) in [7, 11) is 0. The van der Waals surface area contributed by atoms with E-state index in [1.54, 1.807) is 0 Å². The van der Waals surface area contributed by atoms with Crippen molar-refractivity contribution in [3.63, 3.8) is 0 Å². The molecular formula is C15H24N2. The minimum Gasteiger partial charge on any atom is -0.327 e. The van der Waals surface area contributed by atoms with Crippen LogP contribution in [-0.2, 0) is 6.54 Å². The van der Waals surface area contributed by atoms with Crippen LogP contribution in [0.4, 0.5) is 0 Å². The summed E-state index contributed by atoms with van der Waals surface area (Å²) in [4.78, 5) is 2.53. The first kappa shape index (κ1) is 12.6. The van der Waals surface area contributed by atoms with E-state index in [-0.39, 0.29) is 0 Å². The molecule has 1 aromatic rings. The van der Waals surface area contributed by atoms with Crippen molar-refractivity contribution >= 4 is 0 Å².